The zero-order valence-electron chi connectivity index (χ0n) is 11.1. The van der Waals surface area contributed by atoms with E-state index in [2.05, 4.69) is 17.3 Å². The van der Waals surface area contributed by atoms with Gasteiger partial charge in [-0.25, -0.2) is 4.68 Å². The van der Waals surface area contributed by atoms with Crippen LogP contribution < -0.4 is 10.9 Å². The van der Waals surface area contributed by atoms with Gasteiger partial charge in [-0.3, -0.25) is 4.79 Å². The van der Waals surface area contributed by atoms with Gasteiger partial charge in [0.2, 0.25) is 0 Å². The van der Waals surface area contributed by atoms with E-state index in [9.17, 15) is 4.79 Å². The monoisotopic (exact) mass is 289 g/mol. The molecular formula is C12H20ClN3O3. The average Bonchev–Trinajstić information content (AvgIpc) is 2.42. The Bertz CT molecular complexity index is 437. The van der Waals surface area contributed by atoms with E-state index in [1.807, 2.05) is 0 Å². The molecule has 0 aliphatic rings. The Morgan fingerprint density at radius 1 is 1.53 bits per heavy atom. The molecule has 1 aromatic heterocycles. The van der Waals surface area contributed by atoms with Gasteiger partial charge in [0.25, 0.3) is 5.56 Å². The van der Waals surface area contributed by atoms with Crippen LogP contribution in [0.25, 0.3) is 0 Å². The van der Waals surface area contributed by atoms with Gasteiger partial charge in [0.1, 0.15) is 5.02 Å². The molecule has 0 bridgehead atoms. The summed E-state index contributed by atoms with van der Waals surface area (Å²) < 4.78 is 6.47. The zero-order valence-corrected chi connectivity index (χ0v) is 11.8. The second kappa shape index (κ2) is 8.90. The third-order valence-electron chi connectivity index (χ3n) is 2.51. The molecule has 0 saturated carbocycles. The molecule has 0 unspecified atom stereocenters. The molecule has 0 atom stereocenters. The Labute approximate surface area is 117 Å². The minimum Gasteiger partial charge on any atom is -0.394 e. The highest BCUT2D eigenvalue weighted by molar-refractivity contribution is 6.32. The van der Waals surface area contributed by atoms with Gasteiger partial charge >= 0.3 is 0 Å². The van der Waals surface area contributed by atoms with E-state index in [0.717, 1.165) is 12.8 Å². The van der Waals surface area contributed by atoms with E-state index in [1.165, 1.54) is 4.68 Å². The standard InChI is InChI=1S/C12H20ClN3O3/c1-2-3-5-16-12(18)11(13)10(9-15-16)14-4-7-19-8-6-17/h9,14,17H,2-8H2,1H3. The number of aromatic nitrogens is 2. The molecule has 1 heterocycles. The molecule has 6 nitrogen and oxygen atoms in total. The smallest absolute Gasteiger partial charge is 0.287 e. The van der Waals surface area contributed by atoms with Gasteiger partial charge in [-0.1, -0.05) is 24.9 Å². The van der Waals surface area contributed by atoms with Crippen molar-refractivity contribution in [1.29, 1.82) is 0 Å². The summed E-state index contributed by atoms with van der Waals surface area (Å²) in [6.07, 6.45) is 3.43. The van der Waals surface area contributed by atoms with Crippen LogP contribution in [0.15, 0.2) is 11.0 Å². The van der Waals surface area contributed by atoms with E-state index < -0.39 is 0 Å². The van der Waals surface area contributed by atoms with Crippen LogP contribution in [0.2, 0.25) is 5.02 Å². The molecule has 1 aromatic rings. The van der Waals surface area contributed by atoms with Crippen LogP contribution in [0.5, 0.6) is 0 Å². The van der Waals surface area contributed by atoms with Gasteiger partial charge in [-0.15, -0.1) is 0 Å². The number of nitrogens with one attached hydrogen (secondary N) is 1. The van der Waals surface area contributed by atoms with Crippen molar-refractivity contribution in [2.45, 2.75) is 26.3 Å². The molecule has 19 heavy (non-hydrogen) atoms. The lowest BCUT2D eigenvalue weighted by Crippen LogP contribution is -2.25. The fraction of sp³-hybridized carbons (Fsp3) is 0.667. The maximum absolute atomic E-state index is 11.9. The highest BCUT2D eigenvalue weighted by atomic mass is 35.5. The summed E-state index contributed by atoms with van der Waals surface area (Å²) in [6, 6.07) is 0. The van der Waals surface area contributed by atoms with Gasteiger partial charge in [0.15, 0.2) is 0 Å². The number of rotatable bonds is 9. The number of unbranched alkanes of at least 4 members (excludes halogenated alkanes) is 1. The number of aryl methyl sites for hydroxylation is 1. The number of anilines is 1. The SMILES string of the molecule is CCCCn1ncc(NCCOCCO)c(Cl)c1=O. The third-order valence-corrected chi connectivity index (χ3v) is 2.87. The normalized spacial score (nSPS) is 10.7. The van der Waals surface area contributed by atoms with E-state index in [1.54, 1.807) is 6.20 Å². The van der Waals surface area contributed by atoms with Crippen molar-refractivity contribution in [3.63, 3.8) is 0 Å². The van der Waals surface area contributed by atoms with Crippen molar-refractivity contribution in [3.05, 3.63) is 21.6 Å². The van der Waals surface area contributed by atoms with E-state index in [4.69, 9.17) is 21.4 Å². The molecule has 0 aliphatic heterocycles. The number of aliphatic hydroxyl groups excluding tert-OH is 1. The number of hydrogen-bond donors (Lipinski definition) is 2. The van der Waals surface area contributed by atoms with E-state index in [-0.39, 0.29) is 17.2 Å². The summed E-state index contributed by atoms with van der Waals surface area (Å²) in [5, 5.41) is 15.7. The number of hydrogen-bond acceptors (Lipinski definition) is 5. The summed E-state index contributed by atoms with van der Waals surface area (Å²) in [7, 11) is 0. The Hall–Kier alpha value is -1.11. The summed E-state index contributed by atoms with van der Waals surface area (Å²) >= 11 is 6.00. The topological polar surface area (TPSA) is 76.4 Å². The minimum absolute atomic E-state index is 0.00418. The predicted octanol–water partition coefficient (Wildman–Crippen LogP) is 1.12. The first kappa shape index (κ1) is 15.9. The Balaban J connectivity index is 2.56. The number of ether oxygens (including phenoxy) is 1. The lowest BCUT2D eigenvalue weighted by atomic mass is 10.3. The molecule has 7 heteroatoms. The average molecular weight is 290 g/mol. The number of aliphatic hydroxyl groups is 1. The van der Waals surface area contributed by atoms with E-state index in [0.29, 0.717) is 32.0 Å². The van der Waals surface area contributed by atoms with Crippen LogP contribution in [-0.2, 0) is 11.3 Å². The summed E-state index contributed by atoms with van der Waals surface area (Å²) in [5.41, 5.74) is 0.225. The van der Waals surface area contributed by atoms with Gasteiger partial charge in [0.05, 0.1) is 31.7 Å². The fourth-order valence-corrected chi connectivity index (χ4v) is 1.69. The van der Waals surface area contributed by atoms with Crippen LogP contribution in [0.1, 0.15) is 19.8 Å². The lowest BCUT2D eigenvalue weighted by Gasteiger charge is -2.10. The largest absolute Gasteiger partial charge is 0.394 e. The summed E-state index contributed by atoms with van der Waals surface area (Å²) in [4.78, 5) is 11.9. The number of nitrogens with zero attached hydrogens (tertiary/aromatic N) is 2. The van der Waals surface area contributed by atoms with Crippen LogP contribution in [0.4, 0.5) is 5.69 Å². The van der Waals surface area contributed by atoms with Crippen molar-refractivity contribution in [2.24, 2.45) is 0 Å². The van der Waals surface area contributed by atoms with Crippen LogP contribution in [0, 0.1) is 0 Å². The van der Waals surface area contributed by atoms with Crippen molar-refractivity contribution in [3.8, 4) is 0 Å². The lowest BCUT2D eigenvalue weighted by molar-refractivity contribution is 0.0992. The molecule has 0 spiro atoms. The van der Waals surface area contributed by atoms with Crippen molar-refractivity contribution >= 4 is 17.3 Å². The molecule has 108 valence electrons. The molecule has 0 aliphatic carbocycles. The second-order valence-electron chi connectivity index (χ2n) is 4.02. The van der Waals surface area contributed by atoms with E-state index >= 15 is 0 Å². The maximum atomic E-state index is 11.9. The van der Waals surface area contributed by atoms with Crippen LogP contribution in [0.3, 0.4) is 0 Å². The second-order valence-corrected chi connectivity index (χ2v) is 4.39. The summed E-state index contributed by atoms with van der Waals surface area (Å²) in [5.74, 6) is 0. The first-order valence-electron chi connectivity index (χ1n) is 6.38. The maximum Gasteiger partial charge on any atom is 0.287 e. The van der Waals surface area contributed by atoms with Crippen molar-refractivity contribution in [1.82, 2.24) is 9.78 Å². The highest BCUT2D eigenvalue weighted by Crippen LogP contribution is 2.14. The van der Waals surface area contributed by atoms with Crippen LogP contribution >= 0.6 is 11.6 Å². The number of halogens is 1. The predicted molar refractivity (Wildman–Crippen MR) is 74.8 cm³/mol. The molecule has 0 aromatic carbocycles. The van der Waals surface area contributed by atoms with Crippen LogP contribution in [-0.4, -0.2) is 41.3 Å². The van der Waals surface area contributed by atoms with Gasteiger partial charge < -0.3 is 15.2 Å². The molecule has 2 N–H and O–H groups in total. The molecule has 0 amide bonds. The Morgan fingerprint density at radius 3 is 3.00 bits per heavy atom. The van der Waals surface area contributed by atoms with Crippen molar-refractivity contribution < 1.29 is 9.84 Å². The fourth-order valence-electron chi connectivity index (χ4n) is 1.48. The first-order chi connectivity index (χ1) is 9.20. The zero-order chi connectivity index (χ0) is 14.1. The minimum atomic E-state index is -0.281. The Morgan fingerprint density at radius 2 is 2.32 bits per heavy atom. The molecule has 0 radical (unpaired) electrons. The van der Waals surface area contributed by atoms with Gasteiger partial charge in [-0.2, -0.15) is 5.10 Å². The van der Waals surface area contributed by atoms with Gasteiger partial charge in [0, 0.05) is 13.1 Å². The summed E-state index contributed by atoms with van der Waals surface area (Å²) in [6.45, 7) is 3.85. The quantitative estimate of drug-likeness (QED) is 0.666. The third kappa shape index (κ3) is 5.18. The van der Waals surface area contributed by atoms with Gasteiger partial charge in [-0.05, 0) is 6.42 Å². The Kier molecular flexibility index (Phi) is 7.47. The molecule has 1 rings (SSSR count). The molecule has 0 fully saturated rings. The van der Waals surface area contributed by atoms with Crippen molar-refractivity contribution in [2.75, 3.05) is 31.7 Å². The molecular weight excluding hydrogens is 270 g/mol. The molecule has 0 saturated heterocycles. The first-order valence-corrected chi connectivity index (χ1v) is 6.76. The highest BCUT2D eigenvalue weighted by Gasteiger charge is 2.08.